The topological polar surface area (TPSA) is 146 Å². The van der Waals surface area contributed by atoms with Crippen molar-refractivity contribution in [3.63, 3.8) is 0 Å². The number of hydrogen-bond acceptors (Lipinski definition) is 5. The standard InChI is InChI=1S/C30H31Cl3N4O6/c1-2-3-13-43-24-10-5-4-8-19(24)16-34-30(42)35-17-23(29(40)41)37-28(39)26-21(32)11-12-22(27(26)33)36-25(38)15-18-7-6-9-20(31)14-18/h4-12,14,23H,2-3,13,15-17H2,1H3,(H,36,38)(H,37,39)(H,40,41)(H2,34,35,42)/t23-/m0/s1. The van der Waals surface area contributed by atoms with E-state index in [0.29, 0.717) is 22.9 Å². The molecule has 4 amide bonds. The molecule has 228 valence electrons. The lowest BCUT2D eigenvalue weighted by Gasteiger charge is -2.18. The van der Waals surface area contributed by atoms with E-state index >= 15 is 0 Å². The first kappa shape index (κ1) is 33.5. The lowest BCUT2D eigenvalue weighted by molar-refractivity contribution is -0.139. The molecule has 0 aromatic heterocycles. The van der Waals surface area contributed by atoms with Crippen LogP contribution in [0.15, 0.2) is 60.7 Å². The minimum absolute atomic E-state index is 0.00661. The Hall–Kier alpha value is -3.99. The predicted molar refractivity (Wildman–Crippen MR) is 166 cm³/mol. The van der Waals surface area contributed by atoms with Gasteiger partial charge in [-0.25, -0.2) is 9.59 Å². The second-order valence-corrected chi connectivity index (χ2v) is 10.6. The molecule has 3 aromatic rings. The number of para-hydroxylation sites is 1. The van der Waals surface area contributed by atoms with Gasteiger partial charge < -0.3 is 31.1 Å². The molecule has 13 heteroatoms. The highest BCUT2D eigenvalue weighted by atomic mass is 35.5. The summed E-state index contributed by atoms with van der Waals surface area (Å²) < 4.78 is 5.76. The van der Waals surface area contributed by atoms with E-state index in [9.17, 15) is 24.3 Å². The summed E-state index contributed by atoms with van der Waals surface area (Å²) in [4.78, 5) is 49.9. The molecule has 0 saturated heterocycles. The van der Waals surface area contributed by atoms with Crippen LogP contribution in [0.2, 0.25) is 15.1 Å². The van der Waals surface area contributed by atoms with Crippen LogP contribution in [0.5, 0.6) is 5.75 Å². The zero-order valence-electron chi connectivity index (χ0n) is 23.2. The van der Waals surface area contributed by atoms with Gasteiger partial charge in [0.05, 0.1) is 40.9 Å². The van der Waals surface area contributed by atoms with Crippen LogP contribution in [0.3, 0.4) is 0 Å². The van der Waals surface area contributed by atoms with Crippen molar-refractivity contribution < 1.29 is 29.0 Å². The van der Waals surface area contributed by atoms with Crippen LogP contribution in [0.1, 0.15) is 41.3 Å². The van der Waals surface area contributed by atoms with E-state index in [1.54, 1.807) is 30.3 Å². The van der Waals surface area contributed by atoms with Crippen molar-refractivity contribution in [1.82, 2.24) is 16.0 Å². The molecule has 0 spiro atoms. The number of rotatable bonds is 14. The smallest absolute Gasteiger partial charge is 0.328 e. The van der Waals surface area contributed by atoms with Gasteiger partial charge in [-0.05, 0) is 42.3 Å². The fraction of sp³-hybridized carbons (Fsp3) is 0.267. The Kier molecular flexibility index (Phi) is 12.9. The Labute approximate surface area is 264 Å². The van der Waals surface area contributed by atoms with Crippen LogP contribution >= 0.6 is 34.8 Å². The molecule has 10 nitrogen and oxygen atoms in total. The molecule has 5 N–H and O–H groups in total. The molecule has 0 aliphatic carbocycles. The molecule has 0 fully saturated rings. The number of nitrogens with one attached hydrogen (secondary N) is 4. The summed E-state index contributed by atoms with van der Waals surface area (Å²) in [6, 6.07) is 14.6. The summed E-state index contributed by atoms with van der Waals surface area (Å²) in [5.74, 6) is -2.09. The van der Waals surface area contributed by atoms with Crippen LogP contribution in [0, 0.1) is 0 Å². The van der Waals surface area contributed by atoms with Crippen LogP contribution in [-0.2, 0) is 22.6 Å². The van der Waals surface area contributed by atoms with Crippen molar-refractivity contribution >= 4 is 64.3 Å². The van der Waals surface area contributed by atoms with E-state index < -0.39 is 36.4 Å². The highest BCUT2D eigenvalue weighted by molar-refractivity contribution is 6.41. The van der Waals surface area contributed by atoms with E-state index in [-0.39, 0.29) is 34.3 Å². The second-order valence-electron chi connectivity index (χ2n) is 9.38. The van der Waals surface area contributed by atoms with Gasteiger partial charge in [-0.1, -0.05) is 78.5 Å². The summed E-state index contributed by atoms with van der Waals surface area (Å²) in [6.45, 7) is 2.30. The molecule has 0 aliphatic rings. The number of carbonyl (C=O) groups excluding carboxylic acids is 3. The third-order valence-corrected chi connectivity index (χ3v) is 7.03. The van der Waals surface area contributed by atoms with E-state index in [1.165, 1.54) is 12.1 Å². The molecule has 0 bridgehead atoms. The van der Waals surface area contributed by atoms with Gasteiger partial charge in [-0.15, -0.1) is 0 Å². The lowest BCUT2D eigenvalue weighted by Crippen LogP contribution is -2.50. The SMILES string of the molecule is CCCCOc1ccccc1CNC(=O)NC[C@H](NC(=O)c1c(Cl)ccc(NC(=O)Cc2cccc(Cl)c2)c1Cl)C(=O)O. The molecule has 0 saturated carbocycles. The number of halogens is 3. The number of aliphatic carboxylic acids is 1. The third-order valence-electron chi connectivity index (χ3n) is 6.08. The first-order valence-electron chi connectivity index (χ1n) is 13.4. The molecule has 0 radical (unpaired) electrons. The first-order chi connectivity index (χ1) is 20.6. The van der Waals surface area contributed by atoms with Gasteiger partial charge in [-0.2, -0.15) is 0 Å². The molecule has 3 rings (SSSR count). The maximum absolute atomic E-state index is 13.1. The normalized spacial score (nSPS) is 11.3. The van der Waals surface area contributed by atoms with Gasteiger partial charge in [0.2, 0.25) is 5.91 Å². The Morgan fingerprint density at radius 2 is 1.72 bits per heavy atom. The number of carboxylic acid groups (broad SMARTS) is 1. The first-order valence-corrected chi connectivity index (χ1v) is 14.5. The molecule has 0 unspecified atom stereocenters. The average molecular weight is 650 g/mol. The number of carbonyl (C=O) groups is 4. The van der Waals surface area contributed by atoms with Crippen LogP contribution in [-0.4, -0.2) is 48.1 Å². The Balaban J connectivity index is 1.60. The molecule has 0 aliphatic heterocycles. The number of hydrogen-bond donors (Lipinski definition) is 5. The largest absolute Gasteiger partial charge is 0.493 e. The highest BCUT2D eigenvalue weighted by Gasteiger charge is 2.25. The lowest BCUT2D eigenvalue weighted by atomic mass is 10.1. The monoisotopic (exact) mass is 648 g/mol. The zero-order valence-corrected chi connectivity index (χ0v) is 25.5. The van der Waals surface area contributed by atoms with Crippen molar-refractivity contribution in [2.75, 3.05) is 18.5 Å². The van der Waals surface area contributed by atoms with Crippen LogP contribution < -0.4 is 26.0 Å². The number of ether oxygens (including phenoxy) is 1. The van der Waals surface area contributed by atoms with Gasteiger partial charge in [0.25, 0.3) is 5.91 Å². The van der Waals surface area contributed by atoms with Crippen molar-refractivity contribution in [3.8, 4) is 5.75 Å². The van der Waals surface area contributed by atoms with E-state index in [1.807, 2.05) is 18.2 Å². The van der Waals surface area contributed by atoms with Crippen molar-refractivity contribution in [1.29, 1.82) is 0 Å². The molecule has 3 aromatic carbocycles. The average Bonchev–Trinajstić information content (AvgIpc) is 2.96. The predicted octanol–water partition coefficient (Wildman–Crippen LogP) is 5.69. The Morgan fingerprint density at radius 3 is 2.44 bits per heavy atom. The van der Waals surface area contributed by atoms with E-state index in [0.717, 1.165) is 18.4 Å². The summed E-state index contributed by atoms with van der Waals surface area (Å²) in [7, 11) is 0. The van der Waals surface area contributed by atoms with E-state index in [2.05, 4.69) is 28.2 Å². The molecular formula is C30H31Cl3N4O6. The second kappa shape index (κ2) is 16.6. The highest BCUT2D eigenvalue weighted by Crippen LogP contribution is 2.32. The Morgan fingerprint density at radius 1 is 0.953 bits per heavy atom. The molecule has 43 heavy (non-hydrogen) atoms. The minimum Gasteiger partial charge on any atom is -0.493 e. The van der Waals surface area contributed by atoms with Gasteiger partial charge in [0, 0.05) is 17.1 Å². The number of anilines is 1. The summed E-state index contributed by atoms with van der Waals surface area (Å²) >= 11 is 18.6. The van der Waals surface area contributed by atoms with Crippen molar-refractivity contribution in [3.05, 3.63) is 92.4 Å². The summed E-state index contributed by atoms with van der Waals surface area (Å²) in [5, 5.41) is 19.9. The minimum atomic E-state index is -1.52. The van der Waals surface area contributed by atoms with Gasteiger partial charge in [0.15, 0.2) is 0 Å². The number of urea groups is 1. The zero-order chi connectivity index (χ0) is 31.4. The molecule has 0 heterocycles. The number of benzene rings is 3. The maximum Gasteiger partial charge on any atom is 0.328 e. The van der Waals surface area contributed by atoms with Crippen molar-refractivity contribution in [2.45, 2.75) is 38.8 Å². The van der Waals surface area contributed by atoms with Gasteiger partial charge >= 0.3 is 12.0 Å². The molecule has 1 atom stereocenters. The number of amides is 4. The molecular weight excluding hydrogens is 619 g/mol. The van der Waals surface area contributed by atoms with Crippen LogP contribution in [0.4, 0.5) is 10.5 Å². The van der Waals surface area contributed by atoms with E-state index in [4.69, 9.17) is 39.5 Å². The summed E-state index contributed by atoms with van der Waals surface area (Å²) in [5.41, 5.74) is 1.28. The quantitative estimate of drug-likeness (QED) is 0.142. The maximum atomic E-state index is 13.1. The fourth-order valence-electron chi connectivity index (χ4n) is 3.86. The fourth-order valence-corrected chi connectivity index (χ4v) is 4.67. The Bertz CT molecular complexity index is 1470. The van der Waals surface area contributed by atoms with Gasteiger partial charge in [0.1, 0.15) is 11.8 Å². The van der Waals surface area contributed by atoms with Crippen LogP contribution in [0.25, 0.3) is 0 Å². The number of unbranched alkanes of at least 4 members (excludes halogenated alkanes) is 1. The van der Waals surface area contributed by atoms with Crippen molar-refractivity contribution in [2.24, 2.45) is 0 Å². The third kappa shape index (κ3) is 10.3. The number of carboxylic acids is 1. The summed E-state index contributed by atoms with van der Waals surface area (Å²) in [6.07, 6.45) is 1.87. The van der Waals surface area contributed by atoms with Gasteiger partial charge in [-0.3, -0.25) is 9.59 Å².